The highest BCUT2D eigenvalue weighted by Crippen LogP contribution is 2.46. The second-order valence-electron chi connectivity index (χ2n) is 9.49. The fourth-order valence-corrected chi connectivity index (χ4v) is 4.47. The molecule has 3 aliphatic rings. The zero-order chi connectivity index (χ0) is 22.4. The molecule has 1 aliphatic heterocycles. The average Bonchev–Trinajstić information content (AvgIpc) is 3.65. The van der Waals surface area contributed by atoms with E-state index in [4.69, 9.17) is 0 Å². The molecule has 0 aromatic heterocycles. The molecule has 1 heterocycles. The van der Waals surface area contributed by atoms with E-state index in [0.717, 1.165) is 58.2 Å². The van der Waals surface area contributed by atoms with Crippen molar-refractivity contribution in [1.82, 2.24) is 9.80 Å². The summed E-state index contributed by atoms with van der Waals surface area (Å²) in [7, 11) is 0. The van der Waals surface area contributed by atoms with Gasteiger partial charge in [0.2, 0.25) is 0 Å². The van der Waals surface area contributed by atoms with Gasteiger partial charge in [-0.3, -0.25) is 4.79 Å². The Kier molecular flexibility index (Phi) is 5.55. The van der Waals surface area contributed by atoms with Crippen LogP contribution < -0.4 is 0 Å². The molecule has 1 atom stereocenters. The molecule has 4 rings (SSSR count). The van der Waals surface area contributed by atoms with Crippen molar-refractivity contribution < 1.29 is 23.1 Å². The first-order chi connectivity index (χ1) is 14.6. The maximum absolute atomic E-state index is 13.2. The molecular weight excluding hydrogens is 407 g/mol. The molecule has 0 spiro atoms. The molecule has 1 aromatic rings. The predicted octanol–water partition coefficient (Wildman–Crippen LogP) is 3.83. The molecule has 2 aliphatic carbocycles. The summed E-state index contributed by atoms with van der Waals surface area (Å²) in [5.41, 5.74) is -3.07. The number of hydrogen-bond acceptors (Lipinski definition) is 4. The topological polar surface area (TPSA) is 67.6 Å². The molecule has 3 fully saturated rings. The zero-order valence-corrected chi connectivity index (χ0v) is 17.7. The van der Waals surface area contributed by atoms with Crippen molar-refractivity contribution in [2.45, 2.75) is 69.3 Å². The number of halogens is 3. The summed E-state index contributed by atoms with van der Waals surface area (Å²) in [6, 6.07) is 7.86. The van der Waals surface area contributed by atoms with Crippen LogP contribution in [0, 0.1) is 16.7 Å². The third kappa shape index (κ3) is 4.44. The number of alkyl halides is 3. The number of aliphatic hydroxyl groups is 1. The molecule has 1 amide bonds. The van der Waals surface area contributed by atoms with Gasteiger partial charge in [-0.2, -0.15) is 18.4 Å². The Morgan fingerprint density at radius 3 is 2.16 bits per heavy atom. The van der Waals surface area contributed by atoms with Crippen LogP contribution in [0.15, 0.2) is 24.3 Å². The third-order valence-corrected chi connectivity index (χ3v) is 6.99. The van der Waals surface area contributed by atoms with Crippen molar-refractivity contribution >= 4 is 5.91 Å². The molecular formula is C23H28F3N3O2. The maximum Gasteiger partial charge on any atom is 0.421 e. The highest BCUT2D eigenvalue weighted by molar-refractivity contribution is 5.95. The van der Waals surface area contributed by atoms with E-state index in [1.807, 2.05) is 4.90 Å². The van der Waals surface area contributed by atoms with Gasteiger partial charge in [-0.1, -0.05) is 12.1 Å². The van der Waals surface area contributed by atoms with Crippen LogP contribution in [-0.2, 0) is 5.60 Å². The normalized spacial score (nSPS) is 23.6. The number of nitriles is 1. The summed E-state index contributed by atoms with van der Waals surface area (Å²) < 4.78 is 39.2. The van der Waals surface area contributed by atoms with E-state index in [0.29, 0.717) is 12.5 Å². The highest BCUT2D eigenvalue weighted by atomic mass is 19.4. The van der Waals surface area contributed by atoms with Crippen molar-refractivity contribution in [2.24, 2.45) is 5.41 Å². The highest BCUT2D eigenvalue weighted by Gasteiger charge is 2.51. The fourth-order valence-electron chi connectivity index (χ4n) is 4.47. The Morgan fingerprint density at radius 2 is 1.71 bits per heavy atom. The van der Waals surface area contributed by atoms with Gasteiger partial charge in [-0.25, -0.2) is 0 Å². The van der Waals surface area contributed by atoms with Crippen LogP contribution in [0.3, 0.4) is 0 Å². The van der Waals surface area contributed by atoms with Gasteiger partial charge >= 0.3 is 6.18 Å². The minimum absolute atomic E-state index is 0.103. The lowest BCUT2D eigenvalue weighted by atomic mass is 9.94. The quantitative estimate of drug-likeness (QED) is 0.738. The predicted molar refractivity (Wildman–Crippen MR) is 108 cm³/mol. The van der Waals surface area contributed by atoms with Gasteiger partial charge in [0.25, 0.3) is 5.91 Å². The summed E-state index contributed by atoms with van der Waals surface area (Å²) in [5, 5.41) is 19.2. The number of benzene rings is 1. The first kappa shape index (κ1) is 22.1. The number of rotatable bonds is 6. The molecule has 0 bridgehead atoms. The number of nitrogens with zero attached hydrogens (tertiary/aromatic N) is 3. The fraction of sp³-hybridized carbons (Fsp3) is 0.652. The Hall–Kier alpha value is -2.11. The molecule has 1 N–H and O–H groups in total. The van der Waals surface area contributed by atoms with Crippen LogP contribution in [0.4, 0.5) is 13.2 Å². The van der Waals surface area contributed by atoms with Crippen LogP contribution in [0.25, 0.3) is 0 Å². The molecule has 0 radical (unpaired) electrons. The lowest BCUT2D eigenvalue weighted by molar-refractivity contribution is -0.258. The Labute approximate surface area is 180 Å². The summed E-state index contributed by atoms with van der Waals surface area (Å²) in [5.74, 6) is -0.158. The number of carbonyl (C=O) groups excluding carboxylic acids is 1. The standard InChI is InChI=1S/C23H28F3N3O2/c1-21(31,23(24,25)26)17-4-2-16(3-5-17)20(30)29(18-6-7-18)19-8-12-28(13-9-19)15-22(14-27)10-11-22/h2-5,18-19,31H,6-13,15H2,1H3/t21-/m0/s1. The number of hydrogen-bond donors (Lipinski definition) is 1. The van der Waals surface area contributed by atoms with Gasteiger partial charge < -0.3 is 14.9 Å². The first-order valence-corrected chi connectivity index (χ1v) is 10.9. The number of likely N-dealkylation sites (tertiary alicyclic amines) is 1. The summed E-state index contributed by atoms with van der Waals surface area (Å²) >= 11 is 0. The SMILES string of the molecule is C[C@](O)(c1ccc(C(=O)N(C2CC2)C2CCN(CC3(C#N)CC3)CC2)cc1)C(F)(F)F. The Bertz CT molecular complexity index is 860. The van der Waals surface area contributed by atoms with Crippen LogP contribution in [0.5, 0.6) is 0 Å². The monoisotopic (exact) mass is 435 g/mol. The van der Waals surface area contributed by atoms with Crippen molar-refractivity contribution in [3.05, 3.63) is 35.4 Å². The second-order valence-corrected chi connectivity index (χ2v) is 9.49. The molecule has 31 heavy (non-hydrogen) atoms. The van der Waals surface area contributed by atoms with E-state index >= 15 is 0 Å². The molecule has 168 valence electrons. The van der Waals surface area contributed by atoms with Crippen LogP contribution in [0.1, 0.15) is 61.4 Å². The van der Waals surface area contributed by atoms with Crippen LogP contribution in [-0.4, -0.2) is 58.7 Å². The van der Waals surface area contributed by atoms with Crippen molar-refractivity contribution in [1.29, 1.82) is 5.26 Å². The largest absolute Gasteiger partial charge is 0.421 e. The van der Waals surface area contributed by atoms with Crippen molar-refractivity contribution in [2.75, 3.05) is 19.6 Å². The first-order valence-electron chi connectivity index (χ1n) is 10.9. The molecule has 1 saturated heterocycles. The lowest BCUT2D eigenvalue weighted by Crippen LogP contribution is -2.49. The van der Waals surface area contributed by atoms with Gasteiger partial charge in [0.15, 0.2) is 5.60 Å². The molecule has 2 saturated carbocycles. The number of piperidine rings is 1. The van der Waals surface area contributed by atoms with E-state index in [2.05, 4.69) is 11.0 Å². The number of carbonyl (C=O) groups is 1. The van der Waals surface area contributed by atoms with E-state index in [9.17, 15) is 28.3 Å². The Balaban J connectivity index is 1.42. The lowest BCUT2D eigenvalue weighted by Gasteiger charge is -2.39. The van der Waals surface area contributed by atoms with Gasteiger partial charge in [-0.15, -0.1) is 0 Å². The van der Waals surface area contributed by atoms with Gasteiger partial charge in [0.05, 0.1) is 11.5 Å². The molecule has 1 aromatic carbocycles. The molecule has 8 heteroatoms. The van der Waals surface area contributed by atoms with E-state index in [-0.39, 0.29) is 29.0 Å². The third-order valence-electron chi connectivity index (χ3n) is 6.99. The second kappa shape index (κ2) is 7.79. The van der Waals surface area contributed by atoms with E-state index < -0.39 is 11.8 Å². The smallest absolute Gasteiger partial charge is 0.376 e. The molecule has 5 nitrogen and oxygen atoms in total. The van der Waals surface area contributed by atoms with Crippen molar-refractivity contribution in [3.63, 3.8) is 0 Å². The van der Waals surface area contributed by atoms with Gasteiger partial charge in [0.1, 0.15) is 0 Å². The summed E-state index contributed by atoms with van der Waals surface area (Å²) in [4.78, 5) is 17.5. The Morgan fingerprint density at radius 1 is 1.16 bits per heavy atom. The average molecular weight is 435 g/mol. The van der Waals surface area contributed by atoms with Crippen LogP contribution in [0.2, 0.25) is 0 Å². The minimum atomic E-state index is -4.79. The van der Waals surface area contributed by atoms with Crippen LogP contribution >= 0.6 is 0 Å². The summed E-state index contributed by atoms with van der Waals surface area (Å²) in [6.45, 7) is 3.20. The van der Waals surface area contributed by atoms with Gasteiger partial charge in [0, 0.05) is 37.3 Å². The minimum Gasteiger partial charge on any atom is -0.376 e. The van der Waals surface area contributed by atoms with E-state index in [1.54, 1.807) is 0 Å². The molecule has 0 unspecified atom stereocenters. The zero-order valence-electron chi connectivity index (χ0n) is 17.7. The van der Waals surface area contributed by atoms with E-state index in [1.165, 1.54) is 24.3 Å². The van der Waals surface area contributed by atoms with Gasteiger partial charge in [-0.05, 0) is 63.1 Å². The number of amides is 1. The maximum atomic E-state index is 13.2. The van der Waals surface area contributed by atoms with Crippen molar-refractivity contribution in [3.8, 4) is 6.07 Å². The summed E-state index contributed by atoms with van der Waals surface area (Å²) in [6.07, 6.45) is 0.710.